The molecular weight excluding hydrogens is 268 g/mol. The van der Waals surface area contributed by atoms with Crippen LogP contribution in [0, 0.1) is 13.8 Å². The van der Waals surface area contributed by atoms with Gasteiger partial charge in [0.2, 0.25) is 5.78 Å². The monoisotopic (exact) mass is 280 g/mol. The lowest BCUT2D eigenvalue weighted by Crippen LogP contribution is -2.10. The molecule has 1 aromatic carbocycles. The maximum absolute atomic E-state index is 11.9. The highest BCUT2D eigenvalue weighted by Gasteiger charge is 2.10. The fraction of sp³-hybridized carbons (Fsp3) is 0.214. The van der Waals surface area contributed by atoms with Gasteiger partial charge in [0.1, 0.15) is 5.75 Å². The average molecular weight is 281 g/mol. The van der Waals surface area contributed by atoms with Crippen LogP contribution in [0.1, 0.15) is 20.1 Å². The summed E-state index contributed by atoms with van der Waals surface area (Å²) in [5.74, 6) is 0.650. The van der Waals surface area contributed by atoms with Crippen LogP contribution in [0.5, 0.6) is 5.75 Å². The van der Waals surface area contributed by atoms with Crippen LogP contribution in [0.15, 0.2) is 30.3 Å². The minimum atomic E-state index is -0.00697. The Balaban J connectivity index is 2.03. The number of hydrogen-bond acceptors (Lipinski definition) is 3. The third kappa shape index (κ3) is 3.12. The van der Waals surface area contributed by atoms with E-state index in [-0.39, 0.29) is 12.4 Å². The molecule has 2 nitrogen and oxygen atoms in total. The first-order valence-corrected chi connectivity index (χ1v) is 6.74. The second-order valence-corrected chi connectivity index (χ2v) is 5.76. The Bertz CT molecular complexity index is 575. The lowest BCUT2D eigenvalue weighted by atomic mass is 10.2. The lowest BCUT2D eigenvalue weighted by Gasteiger charge is -2.08. The lowest BCUT2D eigenvalue weighted by molar-refractivity contribution is 0.0925. The smallest absolute Gasteiger partial charge is 0.210 e. The standard InChI is InChI=1S/C14H13ClO2S/c1-9-3-5-11(15)7-13(9)17-8-12(16)14-6-4-10(2)18-14/h3-7H,8H2,1-2H3. The zero-order valence-corrected chi connectivity index (χ0v) is 11.8. The molecule has 0 saturated heterocycles. The summed E-state index contributed by atoms with van der Waals surface area (Å²) < 4.78 is 5.52. The highest BCUT2D eigenvalue weighted by atomic mass is 35.5. The van der Waals surface area contributed by atoms with E-state index in [0.717, 1.165) is 15.3 Å². The van der Waals surface area contributed by atoms with E-state index in [1.807, 2.05) is 32.0 Å². The molecule has 1 heterocycles. The van der Waals surface area contributed by atoms with Crippen molar-refractivity contribution in [3.63, 3.8) is 0 Å². The average Bonchev–Trinajstić information content (AvgIpc) is 2.77. The van der Waals surface area contributed by atoms with E-state index in [0.29, 0.717) is 10.8 Å². The van der Waals surface area contributed by atoms with Crippen LogP contribution in [0.3, 0.4) is 0 Å². The number of halogens is 1. The van der Waals surface area contributed by atoms with Crippen LogP contribution in [0.2, 0.25) is 5.02 Å². The van der Waals surface area contributed by atoms with Crippen LogP contribution in [0.25, 0.3) is 0 Å². The third-order valence-corrected chi connectivity index (χ3v) is 3.80. The Morgan fingerprint density at radius 2 is 2.06 bits per heavy atom. The molecule has 2 rings (SSSR count). The van der Waals surface area contributed by atoms with Crippen molar-refractivity contribution in [2.24, 2.45) is 0 Å². The third-order valence-electron chi connectivity index (χ3n) is 2.52. The van der Waals surface area contributed by atoms with E-state index < -0.39 is 0 Å². The molecule has 0 radical (unpaired) electrons. The SMILES string of the molecule is Cc1ccc(C(=O)COc2cc(Cl)ccc2C)s1. The van der Waals surface area contributed by atoms with Crippen LogP contribution in [-0.4, -0.2) is 12.4 Å². The van der Waals surface area contributed by atoms with Crippen molar-refractivity contribution in [3.05, 3.63) is 50.7 Å². The van der Waals surface area contributed by atoms with Gasteiger partial charge in [-0.3, -0.25) is 4.79 Å². The minimum Gasteiger partial charge on any atom is -0.485 e. The number of rotatable bonds is 4. The number of Topliss-reactive ketones (excluding diaryl/α,β-unsaturated/α-hetero) is 1. The number of thiophene rings is 1. The van der Waals surface area contributed by atoms with Gasteiger partial charge < -0.3 is 4.74 Å². The fourth-order valence-corrected chi connectivity index (χ4v) is 2.48. The van der Waals surface area contributed by atoms with E-state index >= 15 is 0 Å². The summed E-state index contributed by atoms with van der Waals surface area (Å²) in [6.45, 7) is 3.94. The van der Waals surface area contributed by atoms with Gasteiger partial charge in [0.25, 0.3) is 0 Å². The second kappa shape index (κ2) is 5.55. The Kier molecular flexibility index (Phi) is 4.04. The number of hydrogen-bond donors (Lipinski definition) is 0. The largest absolute Gasteiger partial charge is 0.485 e. The predicted octanol–water partition coefficient (Wildman–Crippen LogP) is 4.28. The number of carbonyl (C=O) groups is 1. The predicted molar refractivity (Wildman–Crippen MR) is 75.1 cm³/mol. The minimum absolute atomic E-state index is 0.00697. The highest BCUT2D eigenvalue weighted by molar-refractivity contribution is 7.14. The summed E-state index contributed by atoms with van der Waals surface area (Å²) in [6, 6.07) is 9.16. The molecule has 0 aliphatic rings. The fourth-order valence-electron chi connectivity index (χ4n) is 1.53. The zero-order valence-electron chi connectivity index (χ0n) is 10.2. The highest BCUT2D eigenvalue weighted by Crippen LogP contribution is 2.23. The quantitative estimate of drug-likeness (QED) is 0.782. The van der Waals surface area contributed by atoms with Crippen molar-refractivity contribution < 1.29 is 9.53 Å². The first kappa shape index (κ1) is 13.1. The van der Waals surface area contributed by atoms with Gasteiger partial charge >= 0.3 is 0 Å². The molecule has 0 bridgehead atoms. The maximum Gasteiger partial charge on any atom is 0.210 e. The summed E-state index contributed by atoms with van der Waals surface area (Å²) in [4.78, 5) is 13.7. The molecule has 0 amide bonds. The van der Waals surface area contributed by atoms with Crippen molar-refractivity contribution in [2.45, 2.75) is 13.8 Å². The summed E-state index contributed by atoms with van der Waals surface area (Å²) in [5, 5.41) is 0.606. The Labute approximate surface area is 115 Å². The number of aryl methyl sites for hydroxylation is 2. The van der Waals surface area contributed by atoms with E-state index in [4.69, 9.17) is 16.3 Å². The van der Waals surface area contributed by atoms with Crippen molar-refractivity contribution in [1.29, 1.82) is 0 Å². The first-order chi connectivity index (χ1) is 8.56. The van der Waals surface area contributed by atoms with Crippen LogP contribution >= 0.6 is 22.9 Å². The molecule has 0 spiro atoms. The number of carbonyl (C=O) groups excluding carboxylic acids is 1. The molecule has 0 aliphatic heterocycles. The normalized spacial score (nSPS) is 10.4. The summed E-state index contributed by atoms with van der Waals surface area (Å²) in [5.41, 5.74) is 0.967. The van der Waals surface area contributed by atoms with Crippen molar-refractivity contribution in [3.8, 4) is 5.75 Å². The molecule has 0 fully saturated rings. The van der Waals surface area contributed by atoms with Crippen LogP contribution < -0.4 is 4.74 Å². The van der Waals surface area contributed by atoms with Gasteiger partial charge in [-0.15, -0.1) is 11.3 Å². The molecule has 1 aromatic heterocycles. The zero-order chi connectivity index (χ0) is 13.1. The molecule has 0 aliphatic carbocycles. The van der Waals surface area contributed by atoms with Gasteiger partial charge in [0.15, 0.2) is 6.61 Å². The summed E-state index contributed by atoms with van der Waals surface area (Å²) in [6.07, 6.45) is 0. The molecule has 4 heteroatoms. The van der Waals surface area contributed by atoms with Crippen molar-refractivity contribution >= 4 is 28.7 Å². The van der Waals surface area contributed by atoms with Crippen LogP contribution in [-0.2, 0) is 0 Å². The van der Waals surface area contributed by atoms with E-state index in [2.05, 4.69) is 0 Å². The van der Waals surface area contributed by atoms with Gasteiger partial charge in [0, 0.05) is 9.90 Å². The van der Waals surface area contributed by atoms with Crippen molar-refractivity contribution in [1.82, 2.24) is 0 Å². The topological polar surface area (TPSA) is 26.3 Å². The molecule has 0 unspecified atom stereocenters. The molecule has 18 heavy (non-hydrogen) atoms. The number of ketones is 1. The molecule has 0 N–H and O–H groups in total. The maximum atomic E-state index is 11.9. The van der Waals surface area contributed by atoms with Gasteiger partial charge in [-0.1, -0.05) is 17.7 Å². The summed E-state index contributed by atoms with van der Waals surface area (Å²) >= 11 is 7.37. The first-order valence-electron chi connectivity index (χ1n) is 5.55. The van der Waals surface area contributed by atoms with Gasteiger partial charge in [0.05, 0.1) is 4.88 Å². The van der Waals surface area contributed by atoms with Gasteiger partial charge in [-0.25, -0.2) is 0 Å². The van der Waals surface area contributed by atoms with E-state index in [1.165, 1.54) is 11.3 Å². The number of benzene rings is 1. The Morgan fingerprint density at radius 1 is 1.28 bits per heavy atom. The van der Waals surface area contributed by atoms with Crippen LogP contribution in [0.4, 0.5) is 0 Å². The molecule has 94 valence electrons. The van der Waals surface area contributed by atoms with Gasteiger partial charge in [-0.05, 0) is 43.7 Å². The van der Waals surface area contributed by atoms with Gasteiger partial charge in [-0.2, -0.15) is 0 Å². The Hall–Kier alpha value is -1.32. The molecule has 0 atom stereocenters. The van der Waals surface area contributed by atoms with Crippen molar-refractivity contribution in [2.75, 3.05) is 6.61 Å². The van der Waals surface area contributed by atoms with E-state index in [1.54, 1.807) is 12.1 Å². The molecular formula is C14H13ClO2S. The van der Waals surface area contributed by atoms with E-state index in [9.17, 15) is 4.79 Å². The summed E-state index contributed by atoms with van der Waals surface area (Å²) in [7, 11) is 0. The second-order valence-electron chi connectivity index (χ2n) is 4.03. The molecule has 0 saturated carbocycles. The Morgan fingerprint density at radius 3 is 2.72 bits per heavy atom. The number of ether oxygens (including phenoxy) is 1. The molecule has 2 aromatic rings.